The molecule has 8 atom stereocenters. The molecule has 35 heavy (non-hydrogen) atoms. The second-order valence-electron chi connectivity index (χ2n) is 13.4. The molecule has 3 fully saturated rings. The molecule has 194 valence electrons. The second kappa shape index (κ2) is 8.99. The average molecular weight is 481 g/mol. The van der Waals surface area contributed by atoms with Crippen LogP contribution in [0.4, 0.5) is 0 Å². The largest absolute Gasteiger partial charge is 0.390 e. The van der Waals surface area contributed by atoms with E-state index in [1.54, 1.807) is 5.57 Å². The van der Waals surface area contributed by atoms with Crippen molar-refractivity contribution < 1.29 is 15.3 Å². The molecule has 0 unspecified atom stereocenters. The van der Waals surface area contributed by atoms with Crippen LogP contribution in [0.1, 0.15) is 104 Å². The van der Waals surface area contributed by atoms with Crippen LogP contribution in [0.25, 0.3) is 0 Å². The minimum atomic E-state index is -1.74. The molecule has 4 aliphatic rings. The standard InChI is InChI=1S/C32H48O3/c1-5-31(33)20-19-29(3)24(21-31)11-12-25-27-14-13-26(30(27,4)17-16-28(25)29)22(2)15-18-32(34,35)23-9-7-6-8-10-23/h6-11,22,25-28,33-35H,5,12-21H2,1-4H3/t22-,25+,26-,27+,28+,29+,30-,31+/m1/s1. The summed E-state index contributed by atoms with van der Waals surface area (Å²) in [5.74, 6) is 1.71. The van der Waals surface area contributed by atoms with Gasteiger partial charge in [-0.3, -0.25) is 0 Å². The molecular formula is C32H48O3. The molecule has 0 bridgehead atoms. The smallest absolute Gasteiger partial charge is 0.189 e. The first-order chi connectivity index (χ1) is 16.5. The molecule has 1 aromatic rings. The number of allylic oxidation sites excluding steroid dienone is 1. The van der Waals surface area contributed by atoms with Crippen LogP contribution >= 0.6 is 0 Å². The fourth-order valence-electron chi connectivity index (χ4n) is 9.47. The first-order valence-electron chi connectivity index (χ1n) is 14.4. The lowest BCUT2D eigenvalue weighted by atomic mass is 9.46. The summed E-state index contributed by atoms with van der Waals surface area (Å²) in [4.78, 5) is 0. The summed E-state index contributed by atoms with van der Waals surface area (Å²) in [7, 11) is 0. The maximum Gasteiger partial charge on any atom is 0.189 e. The Hall–Kier alpha value is -1.16. The van der Waals surface area contributed by atoms with Crippen molar-refractivity contribution in [1.29, 1.82) is 0 Å². The zero-order valence-corrected chi connectivity index (χ0v) is 22.5. The van der Waals surface area contributed by atoms with E-state index in [2.05, 4.69) is 33.8 Å². The van der Waals surface area contributed by atoms with E-state index in [0.29, 0.717) is 29.2 Å². The number of benzene rings is 1. The van der Waals surface area contributed by atoms with Crippen LogP contribution < -0.4 is 0 Å². The highest BCUT2D eigenvalue weighted by Crippen LogP contribution is 2.68. The van der Waals surface area contributed by atoms with Gasteiger partial charge in [-0.1, -0.05) is 69.7 Å². The Labute approximate surface area is 213 Å². The van der Waals surface area contributed by atoms with Gasteiger partial charge in [0.2, 0.25) is 0 Å². The molecule has 0 spiro atoms. The summed E-state index contributed by atoms with van der Waals surface area (Å²) in [5, 5.41) is 32.5. The third-order valence-corrected chi connectivity index (χ3v) is 11.9. The lowest BCUT2D eigenvalue weighted by Gasteiger charge is -2.59. The van der Waals surface area contributed by atoms with Gasteiger partial charge in [-0.15, -0.1) is 0 Å². The van der Waals surface area contributed by atoms with E-state index in [0.717, 1.165) is 49.9 Å². The Bertz CT molecular complexity index is 937. The number of fused-ring (bicyclic) bond motifs is 5. The number of hydrogen-bond acceptors (Lipinski definition) is 3. The average Bonchev–Trinajstić information content (AvgIpc) is 3.21. The lowest BCUT2D eigenvalue weighted by molar-refractivity contribution is -0.178. The van der Waals surface area contributed by atoms with Gasteiger partial charge in [-0.2, -0.15) is 0 Å². The van der Waals surface area contributed by atoms with E-state index in [1.807, 2.05) is 30.3 Å². The molecule has 0 amide bonds. The normalized spacial score (nSPS) is 42.0. The van der Waals surface area contributed by atoms with Gasteiger partial charge in [-0.25, -0.2) is 0 Å². The Morgan fingerprint density at radius 3 is 2.46 bits per heavy atom. The summed E-state index contributed by atoms with van der Waals surface area (Å²) in [6, 6.07) is 9.30. The zero-order chi connectivity index (χ0) is 25.1. The van der Waals surface area contributed by atoms with Gasteiger partial charge in [-0.05, 0) is 105 Å². The zero-order valence-electron chi connectivity index (χ0n) is 22.5. The molecule has 1 aromatic carbocycles. The molecular weight excluding hydrogens is 432 g/mol. The Morgan fingerprint density at radius 1 is 1.00 bits per heavy atom. The van der Waals surface area contributed by atoms with Crippen LogP contribution in [0, 0.1) is 40.4 Å². The predicted octanol–water partition coefficient (Wildman–Crippen LogP) is 6.96. The third kappa shape index (κ3) is 4.24. The lowest BCUT2D eigenvalue weighted by Crippen LogP contribution is -2.52. The summed E-state index contributed by atoms with van der Waals surface area (Å²) >= 11 is 0. The van der Waals surface area contributed by atoms with Gasteiger partial charge in [0.05, 0.1) is 5.60 Å². The van der Waals surface area contributed by atoms with E-state index >= 15 is 0 Å². The number of hydrogen-bond donors (Lipinski definition) is 3. The van der Waals surface area contributed by atoms with E-state index < -0.39 is 11.4 Å². The third-order valence-electron chi connectivity index (χ3n) is 11.9. The molecule has 4 aliphatic carbocycles. The molecule has 3 N–H and O–H groups in total. The molecule has 0 saturated heterocycles. The van der Waals surface area contributed by atoms with Crippen LogP contribution in [-0.2, 0) is 5.79 Å². The van der Waals surface area contributed by atoms with Gasteiger partial charge in [0.1, 0.15) is 0 Å². The fourth-order valence-corrected chi connectivity index (χ4v) is 9.47. The number of rotatable bonds is 6. The molecule has 0 radical (unpaired) electrons. The van der Waals surface area contributed by atoms with Gasteiger partial charge in [0.25, 0.3) is 0 Å². The minimum absolute atomic E-state index is 0.276. The Morgan fingerprint density at radius 2 is 1.74 bits per heavy atom. The van der Waals surface area contributed by atoms with Crippen molar-refractivity contribution in [3.05, 3.63) is 47.5 Å². The SMILES string of the molecule is CC[C@]1(O)CC[C@@]2(C)C(=CC[C@H]3[C@@H]4CC[C@H]([C@H](C)CCC(O)(O)c5ccccc5)[C@@]4(C)CC[C@@H]32)C1. The minimum Gasteiger partial charge on any atom is -0.390 e. The van der Waals surface area contributed by atoms with Crippen molar-refractivity contribution in [2.75, 3.05) is 0 Å². The molecule has 0 heterocycles. The van der Waals surface area contributed by atoms with E-state index in [1.165, 1.54) is 32.1 Å². The van der Waals surface area contributed by atoms with Crippen molar-refractivity contribution in [1.82, 2.24) is 0 Å². The summed E-state index contributed by atoms with van der Waals surface area (Å²) in [6.45, 7) is 9.59. The maximum absolute atomic E-state index is 11.0. The summed E-state index contributed by atoms with van der Waals surface area (Å²) in [5.41, 5.74) is 2.32. The van der Waals surface area contributed by atoms with E-state index in [4.69, 9.17) is 0 Å². The predicted molar refractivity (Wildman–Crippen MR) is 141 cm³/mol. The van der Waals surface area contributed by atoms with Gasteiger partial charge < -0.3 is 15.3 Å². The van der Waals surface area contributed by atoms with Gasteiger partial charge in [0.15, 0.2) is 5.79 Å². The van der Waals surface area contributed by atoms with Crippen LogP contribution in [0.15, 0.2) is 42.0 Å². The van der Waals surface area contributed by atoms with Crippen molar-refractivity contribution >= 4 is 0 Å². The van der Waals surface area contributed by atoms with E-state index in [9.17, 15) is 15.3 Å². The highest BCUT2D eigenvalue weighted by molar-refractivity contribution is 5.27. The van der Waals surface area contributed by atoms with E-state index in [-0.39, 0.29) is 5.41 Å². The monoisotopic (exact) mass is 480 g/mol. The van der Waals surface area contributed by atoms with Crippen molar-refractivity contribution in [2.24, 2.45) is 40.4 Å². The quantitative estimate of drug-likeness (QED) is 0.305. The maximum atomic E-state index is 11.0. The highest BCUT2D eigenvalue weighted by Gasteiger charge is 2.59. The van der Waals surface area contributed by atoms with Crippen molar-refractivity contribution in [2.45, 2.75) is 110 Å². The van der Waals surface area contributed by atoms with Crippen LogP contribution in [0.2, 0.25) is 0 Å². The van der Waals surface area contributed by atoms with Crippen LogP contribution in [0.5, 0.6) is 0 Å². The first-order valence-corrected chi connectivity index (χ1v) is 14.4. The first kappa shape index (κ1) is 25.5. The molecule has 3 heteroatoms. The highest BCUT2D eigenvalue weighted by atomic mass is 16.5. The molecule has 3 saturated carbocycles. The van der Waals surface area contributed by atoms with Crippen molar-refractivity contribution in [3.8, 4) is 0 Å². The van der Waals surface area contributed by atoms with Gasteiger partial charge >= 0.3 is 0 Å². The Kier molecular flexibility index (Phi) is 6.55. The summed E-state index contributed by atoms with van der Waals surface area (Å²) < 4.78 is 0. The molecule has 3 nitrogen and oxygen atoms in total. The number of aliphatic hydroxyl groups is 3. The van der Waals surface area contributed by atoms with Crippen LogP contribution in [-0.4, -0.2) is 20.9 Å². The molecule has 0 aromatic heterocycles. The summed E-state index contributed by atoms with van der Waals surface area (Å²) in [6.07, 6.45) is 14.1. The second-order valence-corrected chi connectivity index (χ2v) is 13.4. The Balaban J connectivity index is 1.29. The topological polar surface area (TPSA) is 60.7 Å². The molecule has 5 rings (SSSR count). The molecule has 0 aliphatic heterocycles. The van der Waals surface area contributed by atoms with Crippen molar-refractivity contribution in [3.63, 3.8) is 0 Å². The van der Waals surface area contributed by atoms with Gasteiger partial charge in [0, 0.05) is 12.0 Å². The fraction of sp³-hybridized carbons (Fsp3) is 0.750. The van der Waals surface area contributed by atoms with Crippen LogP contribution in [0.3, 0.4) is 0 Å².